The minimum atomic E-state index is -3.50. The van der Waals surface area contributed by atoms with Gasteiger partial charge in [-0.25, -0.2) is 8.42 Å². The van der Waals surface area contributed by atoms with Crippen LogP contribution in [0.15, 0.2) is 53.4 Å². The summed E-state index contributed by atoms with van der Waals surface area (Å²) >= 11 is 0. The van der Waals surface area contributed by atoms with Crippen molar-refractivity contribution < 1.29 is 17.9 Å². The summed E-state index contributed by atoms with van der Waals surface area (Å²) in [7, 11) is -1.83. The van der Waals surface area contributed by atoms with Gasteiger partial charge < -0.3 is 9.64 Å². The summed E-state index contributed by atoms with van der Waals surface area (Å²) in [4.78, 5) is 17.8. The van der Waals surface area contributed by atoms with Crippen molar-refractivity contribution in [2.24, 2.45) is 5.92 Å². The molecule has 0 bridgehead atoms. The molecule has 0 spiro atoms. The number of piperidine rings is 1. The predicted molar refractivity (Wildman–Crippen MR) is 132 cm³/mol. The van der Waals surface area contributed by atoms with E-state index in [4.69, 9.17) is 4.74 Å². The number of amides is 1. The fraction of sp³-hybridized carbons (Fsp3) is 0.500. The molecule has 2 aliphatic rings. The van der Waals surface area contributed by atoms with E-state index in [-0.39, 0.29) is 11.8 Å². The lowest BCUT2D eigenvalue weighted by atomic mass is 9.96. The molecule has 0 saturated carbocycles. The molecule has 0 atom stereocenters. The zero-order valence-electron chi connectivity index (χ0n) is 20.2. The molecule has 2 aromatic carbocycles. The molecule has 8 heteroatoms. The Labute approximate surface area is 203 Å². The van der Waals surface area contributed by atoms with Crippen molar-refractivity contribution in [3.8, 4) is 5.75 Å². The molecule has 184 valence electrons. The standard InChI is InChI=1S/C26H35N3O4S/c1-21-3-9-25(10-4-21)34(31,32)29-15-12-23(13-16-29)26(30)28-19-17-27(18-20-28)14-11-22-5-7-24(33-2)8-6-22/h3-10,23H,11-20H2,1-2H3. The number of carbonyl (C=O) groups is 1. The van der Waals surface area contributed by atoms with Crippen LogP contribution in [0.5, 0.6) is 5.75 Å². The summed E-state index contributed by atoms with van der Waals surface area (Å²) in [6.45, 7) is 6.94. The summed E-state index contributed by atoms with van der Waals surface area (Å²) in [6, 6.07) is 15.1. The van der Waals surface area contributed by atoms with Crippen LogP contribution in [0.2, 0.25) is 0 Å². The first kappa shape index (κ1) is 24.7. The Morgan fingerprint density at radius 1 is 0.912 bits per heavy atom. The van der Waals surface area contributed by atoms with Crippen molar-refractivity contribution in [1.82, 2.24) is 14.1 Å². The van der Waals surface area contributed by atoms with E-state index >= 15 is 0 Å². The number of hydrogen-bond acceptors (Lipinski definition) is 5. The fourth-order valence-corrected chi connectivity index (χ4v) is 6.20. The lowest BCUT2D eigenvalue weighted by Crippen LogP contribution is -2.52. The minimum Gasteiger partial charge on any atom is -0.497 e. The Morgan fingerprint density at radius 3 is 2.12 bits per heavy atom. The normalized spacial score (nSPS) is 18.7. The van der Waals surface area contributed by atoms with Gasteiger partial charge in [-0.05, 0) is 56.0 Å². The molecule has 0 aromatic heterocycles. The maximum absolute atomic E-state index is 13.1. The highest BCUT2D eigenvalue weighted by atomic mass is 32.2. The molecule has 2 aliphatic heterocycles. The summed E-state index contributed by atoms with van der Waals surface area (Å²) in [5.74, 6) is 0.965. The second-order valence-electron chi connectivity index (χ2n) is 9.26. The van der Waals surface area contributed by atoms with Gasteiger partial charge in [0.15, 0.2) is 0 Å². The molecule has 2 fully saturated rings. The second-order valence-corrected chi connectivity index (χ2v) is 11.2. The third kappa shape index (κ3) is 5.79. The van der Waals surface area contributed by atoms with E-state index < -0.39 is 10.0 Å². The van der Waals surface area contributed by atoms with Crippen LogP contribution in [0, 0.1) is 12.8 Å². The zero-order valence-corrected chi connectivity index (χ0v) is 21.0. The summed E-state index contributed by atoms with van der Waals surface area (Å²) in [6.07, 6.45) is 2.15. The predicted octanol–water partition coefficient (Wildman–Crippen LogP) is 2.79. The number of sulfonamides is 1. The number of benzene rings is 2. The van der Waals surface area contributed by atoms with E-state index in [1.54, 1.807) is 19.2 Å². The number of piperazine rings is 1. The molecule has 1 amide bonds. The van der Waals surface area contributed by atoms with Crippen LogP contribution in [-0.4, -0.2) is 81.4 Å². The molecule has 2 aromatic rings. The van der Waals surface area contributed by atoms with Gasteiger partial charge in [-0.1, -0.05) is 29.8 Å². The molecule has 7 nitrogen and oxygen atoms in total. The Hall–Kier alpha value is -2.42. The lowest BCUT2D eigenvalue weighted by molar-refractivity contribution is -0.138. The first-order chi connectivity index (χ1) is 16.4. The first-order valence-corrected chi connectivity index (χ1v) is 13.5. The maximum Gasteiger partial charge on any atom is 0.243 e. The average molecular weight is 486 g/mol. The highest BCUT2D eigenvalue weighted by Gasteiger charge is 2.34. The smallest absolute Gasteiger partial charge is 0.243 e. The number of nitrogens with zero attached hydrogens (tertiary/aromatic N) is 3. The van der Waals surface area contributed by atoms with Crippen LogP contribution < -0.4 is 4.74 Å². The number of ether oxygens (including phenoxy) is 1. The number of aryl methyl sites for hydroxylation is 1. The van der Waals surface area contributed by atoms with E-state index in [2.05, 4.69) is 17.0 Å². The molecule has 2 heterocycles. The van der Waals surface area contributed by atoms with Gasteiger partial charge in [-0.15, -0.1) is 0 Å². The first-order valence-electron chi connectivity index (χ1n) is 12.1. The van der Waals surface area contributed by atoms with Gasteiger partial charge in [0.05, 0.1) is 12.0 Å². The van der Waals surface area contributed by atoms with E-state index in [0.29, 0.717) is 30.8 Å². The minimum absolute atomic E-state index is 0.0877. The zero-order chi connectivity index (χ0) is 24.1. The van der Waals surface area contributed by atoms with E-state index in [1.165, 1.54) is 9.87 Å². The number of carbonyl (C=O) groups excluding carboxylic acids is 1. The van der Waals surface area contributed by atoms with Crippen LogP contribution in [0.1, 0.15) is 24.0 Å². The number of rotatable bonds is 7. The van der Waals surface area contributed by atoms with Crippen LogP contribution >= 0.6 is 0 Å². The Morgan fingerprint density at radius 2 is 1.53 bits per heavy atom. The van der Waals surface area contributed by atoms with Crippen molar-refractivity contribution in [1.29, 1.82) is 0 Å². The van der Waals surface area contributed by atoms with Gasteiger partial charge in [0.2, 0.25) is 15.9 Å². The number of methoxy groups -OCH3 is 1. The molecule has 4 rings (SSSR count). The molecular formula is C26H35N3O4S. The van der Waals surface area contributed by atoms with Gasteiger partial charge in [-0.3, -0.25) is 9.69 Å². The largest absolute Gasteiger partial charge is 0.497 e. The maximum atomic E-state index is 13.1. The average Bonchev–Trinajstić information content (AvgIpc) is 2.88. The van der Waals surface area contributed by atoms with Gasteiger partial charge in [-0.2, -0.15) is 4.31 Å². The Balaban J connectivity index is 1.22. The van der Waals surface area contributed by atoms with E-state index in [9.17, 15) is 13.2 Å². The highest BCUT2D eigenvalue weighted by Crippen LogP contribution is 2.26. The Bertz CT molecular complexity index is 1050. The molecule has 0 unspecified atom stereocenters. The lowest BCUT2D eigenvalue weighted by Gasteiger charge is -2.38. The fourth-order valence-electron chi connectivity index (χ4n) is 4.73. The van der Waals surface area contributed by atoms with Crippen LogP contribution in [-0.2, 0) is 21.2 Å². The molecule has 0 N–H and O–H groups in total. The third-order valence-electron chi connectivity index (χ3n) is 7.02. The molecule has 2 saturated heterocycles. The quantitative estimate of drug-likeness (QED) is 0.603. The summed E-state index contributed by atoms with van der Waals surface area (Å²) in [5, 5.41) is 0. The van der Waals surface area contributed by atoms with Gasteiger partial charge in [0.25, 0.3) is 0 Å². The van der Waals surface area contributed by atoms with Gasteiger partial charge in [0.1, 0.15) is 5.75 Å². The van der Waals surface area contributed by atoms with E-state index in [1.807, 2.05) is 36.1 Å². The van der Waals surface area contributed by atoms with Crippen LogP contribution in [0.25, 0.3) is 0 Å². The van der Waals surface area contributed by atoms with Crippen LogP contribution in [0.3, 0.4) is 0 Å². The summed E-state index contributed by atoms with van der Waals surface area (Å²) in [5.41, 5.74) is 2.32. The van der Waals surface area contributed by atoms with Crippen LogP contribution in [0.4, 0.5) is 0 Å². The molecule has 0 radical (unpaired) electrons. The monoisotopic (exact) mass is 485 g/mol. The van der Waals surface area contributed by atoms with Crippen molar-refractivity contribution in [3.63, 3.8) is 0 Å². The van der Waals surface area contributed by atoms with Gasteiger partial charge >= 0.3 is 0 Å². The highest BCUT2D eigenvalue weighted by molar-refractivity contribution is 7.89. The SMILES string of the molecule is COc1ccc(CCN2CCN(C(=O)C3CCN(S(=O)(=O)c4ccc(C)cc4)CC3)CC2)cc1. The molecule has 0 aliphatic carbocycles. The van der Waals surface area contributed by atoms with Crippen molar-refractivity contribution in [3.05, 3.63) is 59.7 Å². The van der Waals surface area contributed by atoms with Gasteiger partial charge in [0, 0.05) is 51.7 Å². The van der Waals surface area contributed by atoms with E-state index in [0.717, 1.165) is 50.5 Å². The summed E-state index contributed by atoms with van der Waals surface area (Å²) < 4.78 is 32.6. The Kier molecular flexibility index (Phi) is 7.91. The second kappa shape index (κ2) is 10.9. The molecule has 34 heavy (non-hydrogen) atoms. The number of hydrogen-bond donors (Lipinski definition) is 0. The topological polar surface area (TPSA) is 70.2 Å². The van der Waals surface area contributed by atoms with Crippen molar-refractivity contribution >= 4 is 15.9 Å². The van der Waals surface area contributed by atoms with Crippen molar-refractivity contribution in [2.45, 2.75) is 31.1 Å². The van der Waals surface area contributed by atoms with Crippen molar-refractivity contribution in [2.75, 3.05) is 52.9 Å². The molecular weight excluding hydrogens is 450 g/mol. The third-order valence-corrected chi connectivity index (χ3v) is 8.93.